The van der Waals surface area contributed by atoms with Crippen LogP contribution in [-0.2, 0) is 4.74 Å². The quantitative estimate of drug-likeness (QED) is 0.480. The van der Waals surface area contributed by atoms with Crippen molar-refractivity contribution in [1.82, 2.24) is 4.90 Å². The number of nitro groups is 1. The van der Waals surface area contributed by atoms with Crippen LogP contribution in [0.15, 0.2) is 24.4 Å². The fourth-order valence-corrected chi connectivity index (χ4v) is 2.25. The van der Waals surface area contributed by atoms with Crippen molar-refractivity contribution >= 4 is 17.7 Å². The second-order valence-electron chi connectivity index (χ2n) is 4.55. The zero-order chi connectivity index (χ0) is 14.5. The number of esters is 1. The minimum absolute atomic E-state index is 0.0941. The highest BCUT2D eigenvalue weighted by Crippen LogP contribution is 2.25. The molecule has 0 aromatic heterocycles. The summed E-state index contributed by atoms with van der Waals surface area (Å²) >= 11 is 0. The molecule has 20 heavy (non-hydrogen) atoms. The fourth-order valence-electron chi connectivity index (χ4n) is 2.25. The summed E-state index contributed by atoms with van der Waals surface area (Å²) in [6.45, 7) is 1.87. The van der Waals surface area contributed by atoms with E-state index in [-0.39, 0.29) is 16.8 Å². The number of benzene rings is 1. The number of hydrogen-bond donors (Lipinski definition) is 0. The summed E-state index contributed by atoms with van der Waals surface area (Å²) in [6.07, 6.45) is 5.66. The smallest absolute Gasteiger partial charge is 0.338 e. The van der Waals surface area contributed by atoms with Gasteiger partial charge in [0.05, 0.1) is 23.2 Å². The van der Waals surface area contributed by atoms with Gasteiger partial charge in [-0.3, -0.25) is 10.1 Å². The first-order valence-corrected chi connectivity index (χ1v) is 6.41. The summed E-state index contributed by atoms with van der Waals surface area (Å²) in [6, 6.07) is 4.40. The Hall–Kier alpha value is -2.37. The van der Waals surface area contributed by atoms with Gasteiger partial charge in [0.25, 0.3) is 5.69 Å². The third-order valence-corrected chi connectivity index (χ3v) is 3.28. The third-order valence-electron chi connectivity index (χ3n) is 3.28. The summed E-state index contributed by atoms with van der Waals surface area (Å²) in [5.74, 6) is -0.574. The summed E-state index contributed by atoms with van der Waals surface area (Å²) < 4.78 is 4.67. The summed E-state index contributed by atoms with van der Waals surface area (Å²) in [5, 5.41) is 11.1. The first kappa shape index (κ1) is 14.0. The minimum atomic E-state index is -0.574. The van der Waals surface area contributed by atoms with Crippen LogP contribution in [0, 0.1) is 10.1 Å². The van der Waals surface area contributed by atoms with Gasteiger partial charge in [-0.15, -0.1) is 0 Å². The molecule has 0 aliphatic carbocycles. The Bertz CT molecular complexity index is 548. The van der Waals surface area contributed by atoms with Crippen molar-refractivity contribution in [1.29, 1.82) is 0 Å². The third kappa shape index (κ3) is 2.96. The van der Waals surface area contributed by atoms with Gasteiger partial charge in [-0.1, -0.05) is 6.07 Å². The van der Waals surface area contributed by atoms with E-state index >= 15 is 0 Å². The monoisotopic (exact) mass is 276 g/mol. The molecule has 1 saturated heterocycles. The van der Waals surface area contributed by atoms with Crippen LogP contribution in [0.1, 0.15) is 28.8 Å². The second-order valence-corrected chi connectivity index (χ2v) is 4.55. The van der Waals surface area contributed by atoms with Crippen LogP contribution in [0.5, 0.6) is 0 Å². The largest absolute Gasteiger partial charge is 0.465 e. The van der Waals surface area contributed by atoms with Crippen molar-refractivity contribution in [2.45, 2.75) is 12.8 Å². The van der Waals surface area contributed by atoms with E-state index < -0.39 is 10.9 Å². The highest BCUT2D eigenvalue weighted by atomic mass is 16.6. The van der Waals surface area contributed by atoms with E-state index in [0.717, 1.165) is 25.9 Å². The molecule has 0 unspecified atom stereocenters. The first-order valence-electron chi connectivity index (χ1n) is 6.41. The molecule has 6 nitrogen and oxygen atoms in total. The van der Waals surface area contributed by atoms with Crippen LogP contribution in [0.25, 0.3) is 6.08 Å². The normalized spacial score (nSPS) is 14.8. The SMILES string of the molecule is COC(=O)c1cccc([N+](=O)[O-])c1C=CN1CCCC1. The highest BCUT2D eigenvalue weighted by molar-refractivity contribution is 5.95. The topological polar surface area (TPSA) is 72.7 Å². The average Bonchev–Trinajstić information content (AvgIpc) is 2.97. The summed E-state index contributed by atoms with van der Waals surface area (Å²) in [7, 11) is 1.26. The molecule has 1 aromatic rings. The highest BCUT2D eigenvalue weighted by Gasteiger charge is 2.20. The van der Waals surface area contributed by atoms with Crippen molar-refractivity contribution < 1.29 is 14.5 Å². The predicted molar refractivity (Wildman–Crippen MR) is 74.3 cm³/mol. The molecule has 0 amide bonds. The van der Waals surface area contributed by atoms with Crippen LogP contribution in [-0.4, -0.2) is 36.0 Å². The number of rotatable bonds is 4. The van der Waals surface area contributed by atoms with Crippen LogP contribution >= 0.6 is 0 Å². The number of ether oxygens (including phenoxy) is 1. The van der Waals surface area contributed by atoms with E-state index in [9.17, 15) is 14.9 Å². The Kier molecular flexibility index (Phi) is 4.34. The van der Waals surface area contributed by atoms with E-state index in [1.807, 2.05) is 6.20 Å². The molecule has 1 aliphatic heterocycles. The van der Waals surface area contributed by atoms with Gasteiger partial charge in [-0.2, -0.15) is 0 Å². The van der Waals surface area contributed by atoms with Gasteiger partial charge >= 0.3 is 5.97 Å². The van der Waals surface area contributed by atoms with Gasteiger partial charge in [0.2, 0.25) is 0 Å². The summed E-state index contributed by atoms with van der Waals surface area (Å²) in [5.41, 5.74) is 0.400. The lowest BCUT2D eigenvalue weighted by Crippen LogP contribution is -2.11. The van der Waals surface area contributed by atoms with E-state index in [4.69, 9.17) is 0 Å². The predicted octanol–water partition coefficient (Wildman–Crippen LogP) is 2.45. The molecule has 0 spiro atoms. The molecule has 106 valence electrons. The lowest BCUT2D eigenvalue weighted by molar-refractivity contribution is -0.385. The molecule has 0 N–H and O–H groups in total. The van der Waals surface area contributed by atoms with Crippen LogP contribution < -0.4 is 0 Å². The van der Waals surface area contributed by atoms with Crippen LogP contribution in [0.2, 0.25) is 0 Å². The number of carbonyl (C=O) groups is 1. The first-order chi connectivity index (χ1) is 9.63. The maximum absolute atomic E-state index is 11.7. The zero-order valence-corrected chi connectivity index (χ0v) is 11.2. The number of nitro benzene ring substituents is 1. The number of likely N-dealkylation sites (tertiary alicyclic amines) is 1. The van der Waals surface area contributed by atoms with Gasteiger partial charge in [0.1, 0.15) is 0 Å². The van der Waals surface area contributed by atoms with Crippen molar-refractivity contribution in [3.8, 4) is 0 Å². The molecule has 2 rings (SSSR count). The second kappa shape index (κ2) is 6.18. The molecular formula is C14H16N2O4. The molecule has 0 bridgehead atoms. The van der Waals surface area contributed by atoms with Crippen molar-refractivity contribution in [3.63, 3.8) is 0 Å². The molecule has 1 aromatic carbocycles. The Labute approximate surface area is 116 Å². The van der Waals surface area contributed by atoms with Gasteiger partial charge in [0.15, 0.2) is 0 Å². The molecule has 0 atom stereocenters. The number of methoxy groups -OCH3 is 1. The lowest BCUT2D eigenvalue weighted by Gasteiger charge is -2.11. The molecule has 0 radical (unpaired) electrons. The van der Waals surface area contributed by atoms with Gasteiger partial charge < -0.3 is 9.64 Å². The molecular weight excluding hydrogens is 260 g/mol. The lowest BCUT2D eigenvalue weighted by atomic mass is 10.1. The Morgan fingerprint density at radius 2 is 2.10 bits per heavy atom. The van der Waals surface area contributed by atoms with Crippen molar-refractivity contribution in [2.24, 2.45) is 0 Å². The maximum atomic E-state index is 11.7. The van der Waals surface area contributed by atoms with Crippen LogP contribution in [0.4, 0.5) is 5.69 Å². The van der Waals surface area contributed by atoms with E-state index in [2.05, 4.69) is 9.64 Å². The molecule has 1 aliphatic rings. The van der Waals surface area contributed by atoms with Crippen molar-refractivity contribution in [3.05, 3.63) is 45.6 Å². The fraction of sp³-hybridized carbons (Fsp3) is 0.357. The Morgan fingerprint density at radius 3 is 2.70 bits per heavy atom. The van der Waals surface area contributed by atoms with E-state index in [0.29, 0.717) is 0 Å². The molecule has 0 saturated carbocycles. The van der Waals surface area contributed by atoms with Gasteiger partial charge in [-0.05, 0) is 31.2 Å². The standard InChI is InChI=1S/C14H16N2O4/c1-20-14(17)12-5-4-6-13(16(18)19)11(12)7-10-15-8-2-3-9-15/h4-7,10H,2-3,8-9H2,1H3. The maximum Gasteiger partial charge on any atom is 0.338 e. The molecule has 1 heterocycles. The van der Waals surface area contributed by atoms with Gasteiger partial charge in [0, 0.05) is 19.2 Å². The number of hydrogen-bond acceptors (Lipinski definition) is 5. The van der Waals surface area contributed by atoms with E-state index in [1.165, 1.54) is 25.3 Å². The van der Waals surface area contributed by atoms with Gasteiger partial charge in [-0.25, -0.2) is 4.79 Å². The van der Waals surface area contributed by atoms with Crippen molar-refractivity contribution in [2.75, 3.05) is 20.2 Å². The summed E-state index contributed by atoms with van der Waals surface area (Å²) in [4.78, 5) is 24.4. The van der Waals surface area contributed by atoms with Crippen LogP contribution in [0.3, 0.4) is 0 Å². The number of carbonyl (C=O) groups excluding carboxylic acids is 1. The molecule has 6 heteroatoms. The zero-order valence-electron chi connectivity index (χ0n) is 11.2. The Balaban J connectivity index is 2.40. The number of nitrogens with zero attached hydrogens (tertiary/aromatic N) is 2. The minimum Gasteiger partial charge on any atom is -0.465 e. The Morgan fingerprint density at radius 1 is 1.40 bits per heavy atom. The average molecular weight is 276 g/mol. The molecule has 1 fully saturated rings. The van der Waals surface area contributed by atoms with E-state index in [1.54, 1.807) is 6.08 Å².